The third-order valence-electron chi connectivity index (χ3n) is 3.43. The fraction of sp³-hybridized carbons (Fsp3) is 0.312. The highest BCUT2D eigenvalue weighted by atomic mass is 32.2. The van der Waals surface area contributed by atoms with E-state index >= 15 is 0 Å². The molecular formula is C16H19N5S. The van der Waals surface area contributed by atoms with Crippen LogP contribution in [0.4, 0.5) is 0 Å². The minimum atomic E-state index is 0.775. The predicted octanol–water partition coefficient (Wildman–Crippen LogP) is 3.39. The van der Waals surface area contributed by atoms with E-state index in [0.29, 0.717) is 0 Å². The molecule has 0 radical (unpaired) electrons. The largest absolute Gasteiger partial charge is 0.269 e. The van der Waals surface area contributed by atoms with Gasteiger partial charge in [0.05, 0.1) is 12.2 Å². The number of H-pyrrole nitrogens is 1. The zero-order valence-electron chi connectivity index (χ0n) is 13.0. The topological polar surface area (TPSA) is 59.4 Å². The smallest absolute Gasteiger partial charge is 0.208 e. The standard InChI is InChI=1S/C16H19N5S/c1-11-4-6-14(7-5-11)15-17-16(19-18-15)22-9-8-21-13(3)10-12(2)20-21/h4-7,10H,8-9H2,1-3H3,(H,17,18,19). The Bertz CT molecular complexity index is 757. The maximum atomic E-state index is 4.54. The van der Waals surface area contributed by atoms with Gasteiger partial charge in [-0.1, -0.05) is 41.6 Å². The molecule has 0 fully saturated rings. The minimum Gasteiger partial charge on any atom is -0.269 e. The lowest BCUT2D eigenvalue weighted by Crippen LogP contribution is -2.04. The van der Waals surface area contributed by atoms with Gasteiger partial charge in [-0.15, -0.1) is 5.10 Å². The van der Waals surface area contributed by atoms with E-state index in [4.69, 9.17) is 0 Å². The molecule has 22 heavy (non-hydrogen) atoms. The van der Waals surface area contributed by atoms with Crippen molar-refractivity contribution >= 4 is 11.8 Å². The van der Waals surface area contributed by atoms with Gasteiger partial charge in [0.2, 0.25) is 5.16 Å². The van der Waals surface area contributed by atoms with Gasteiger partial charge in [0.25, 0.3) is 0 Å². The quantitative estimate of drug-likeness (QED) is 0.734. The van der Waals surface area contributed by atoms with Crippen LogP contribution in [0.1, 0.15) is 17.0 Å². The molecule has 0 aliphatic rings. The molecule has 0 aliphatic carbocycles. The van der Waals surface area contributed by atoms with E-state index in [1.807, 2.05) is 11.6 Å². The summed E-state index contributed by atoms with van der Waals surface area (Å²) in [6.07, 6.45) is 0. The van der Waals surface area contributed by atoms with Gasteiger partial charge < -0.3 is 0 Å². The van der Waals surface area contributed by atoms with E-state index in [-0.39, 0.29) is 0 Å². The maximum Gasteiger partial charge on any atom is 0.208 e. The van der Waals surface area contributed by atoms with Crippen LogP contribution < -0.4 is 0 Å². The Kier molecular flexibility index (Phi) is 4.29. The average Bonchev–Trinajstić information content (AvgIpc) is 3.07. The zero-order valence-corrected chi connectivity index (χ0v) is 13.8. The monoisotopic (exact) mass is 313 g/mol. The van der Waals surface area contributed by atoms with Crippen LogP contribution in [-0.4, -0.2) is 30.7 Å². The van der Waals surface area contributed by atoms with Gasteiger partial charge in [0, 0.05) is 17.0 Å². The fourth-order valence-electron chi connectivity index (χ4n) is 2.28. The Hall–Kier alpha value is -2.08. The third kappa shape index (κ3) is 3.39. The van der Waals surface area contributed by atoms with Crippen LogP contribution in [0.25, 0.3) is 11.4 Å². The highest BCUT2D eigenvalue weighted by Crippen LogP contribution is 2.19. The summed E-state index contributed by atoms with van der Waals surface area (Å²) < 4.78 is 2.02. The first-order chi connectivity index (χ1) is 10.6. The predicted molar refractivity (Wildman–Crippen MR) is 89.0 cm³/mol. The van der Waals surface area contributed by atoms with Gasteiger partial charge in [0.1, 0.15) is 0 Å². The second-order valence-electron chi connectivity index (χ2n) is 5.33. The van der Waals surface area contributed by atoms with Crippen molar-refractivity contribution in [2.75, 3.05) is 5.75 Å². The van der Waals surface area contributed by atoms with Crippen LogP contribution in [0.5, 0.6) is 0 Å². The van der Waals surface area contributed by atoms with Gasteiger partial charge >= 0.3 is 0 Å². The first kappa shape index (κ1) is 14.8. The van der Waals surface area contributed by atoms with Crippen molar-refractivity contribution in [3.8, 4) is 11.4 Å². The van der Waals surface area contributed by atoms with Crippen molar-refractivity contribution < 1.29 is 0 Å². The van der Waals surface area contributed by atoms with Crippen molar-refractivity contribution in [2.45, 2.75) is 32.5 Å². The Labute approximate surface area is 134 Å². The molecule has 114 valence electrons. The van der Waals surface area contributed by atoms with Crippen LogP contribution >= 0.6 is 11.8 Å². The van der Waals surface area contributed by atoms with Gasteiger partial charge in [-0.3, -0.25) is 9.78 Å². The fourth-order valence-corrected chi connectivity index (χ4v) is 2.99. The second-order valence-corrected chi connectivity index (χ2v) is 6.39. The second kappa shape index (κ2) is 6.36. The number of thioether (sulfide) groups is 1. The molecule has 0 saturated heterocycles. The molecule has 3 rings (SSSR count). The molecule has 1 N–H and O–H groups in total. The number of aromatic nitrogens is 5. The Balaban J connectivity index is 1.60. The Morgan fingerprint density at radius 3 is 2.59 bits per heavy atom. The molecular weight excluding hydrogens is 294 g/mol. The van der Waals surface area contributed by atoms with Crippen molar-refractivity contribution in [1.82, 2.24) is 25.0 Å². The van der Waals surface area contributed by atoms with E-state index in [0.717, 1.165) is 34.5 Å². The molecule has 0 atom stereocenters. The molecule has 3 aromatic rings. The highest BCUT2D eigenvalue weighted by Gasteiger charge is 2.07. The summed E-state index contributed by atoms with van der Waals surface area (Å²) in [6, 6.07) is 10.4. The first-order valence-electron chi connectivity index (χ1n) is 7.25. The van der Waals surface area contributed by atoms with Gasteiger partial charge in [-0.05, 0) is 26.8 Å². The lowest BCUT2D eigenvalue weighted by molar-refractivity contribution is 0.640. The van der Waals surface area contributed by atoms with E-state index in [9.17, 15) is 0 Å². The van der Waals surface area contributed by atoms with Gasteiger partial charge in [0.15, 0.2) is 5.82 Å². The lowest BCUT2D eigenvalue weighted by atomic mass is 10.1. The molecule has 2 heterocycles. The van der Waals surface area contributed by atoms with Crippen LogP contribution in [0.3, 0.4) is 0 Å². The molecule has 0 saturated carbocycles. The van der Waals surface area contributed by atoms with Gasteiger partial charge in [-0.25, -0.2) is 4.98 Å². The van der Waals surface area contributed by atoms with Crippen molar-refractivity contribution in [3.05, 3.63) is 47.3 Å². The molecule has 6 heteroatoms. The molecule has 1 aromatic carbocycles. The van der Waals surface area contributed by atoms with Gasteiger partial charge in [-0.2, -0.15) is 5.10 Å². The molecule has 2 aromatic heterocycles. The lowest BCUT2D eigenvalue weighted by Gasteiger charge is -2.02. The summed E-state index contributed by atoms with van der Waals surface area (Å²) in [6.45, 7) is 7.02. The number of aromatic amines is 1. The number of nitrogens with one attached hydrogen (secondary N) is 1. The maximum absolute atomic E-state index is 4.54. The van der Waals surface area contributed by atoms with Crippen LogP contribution in [0.2, 0.25) is 0 Å². The third-order valence-corrected chi connectivity index (χ3v) is 4.25. The van der Waals surface area contributed by atoms with E-state index in [1.54, 1.807) is 11.8 Å². The van der Waals surface area contributed by atoms with Crippen molar-refractivity contribution in [2.24, 2.45) is 0 Å². The average molecular weight is 313 g/mol. The summed E-state index contributed by atoms with van der Waals surface area (Å²) in [7, 11) is 0. The number of benzene rings is 1. The zero-order chi connectivity index (χ0) is 15.5. The molecule has 0 bridgehead atoms. The van der Waals surface area contributed by atoms with E-state index < -0.39 is 0 Å². The van der Waals surface area contributed by atoms with Crippen molar-refractivity contribution in [1.29, 1.82) is 0 Å². The van der Waals surface area contributed by atoms with Crippen LogP contribution in [0.15, 0.2) is 35.5 Å². The van der Waals surface area contributed by atoms with E-state index in [2.05, 4.69) is 64.5 Å². The summed E-state index contributed by atoms with van der Waals surface area (Å²) >= 11 is 1.64. The minimum absolute atomic E-state index is 0.775. The highest BCUT2D eigenvalue weighted by molar-refractivity contribution is 7.99. The molecule has 0 spiro atoms. The molecule has 0 amide bonds. The summed E-state index contributed by atoms with van der Waals surface area (Å²) in [5.41, 5.74) is 4.54. The Morgan fingerprint density at radius 1 is 1.14 bits per heavy atom. The Morgan fingerprint density at radius 2 is 1.91 bits per heavy atom. The van der Waals surface area contributed by atoms with E-state index in [1.165, 1.54) is 11.3 Å². The number of rotatable bonds is 5. The summed E-state index contributed by atoms with van der Waals surface area (Å²) in [5, 5.41) is 12.5. The number of hydrogen-bond donors (Lipinski definition) is 1. The number of nitrogens with zero attached hydrogens (tertiary/aromatic N) is 4. The summed E-state index contributed by atoms with van der Waals surface area (Å²) in [4.78, 5) is 4.54. The van der Waals surface area contributed by atoms with Crippen molar-refractivity contribution in [3.63, 3.8) is 0 Å². The SMILES string of the molecule is Cc1ccc(-c2nc(SCCn3nc(C)cc3C)n[nH]2)cc1. The molecule has 5 nitrogen and oxygen atoms in total. The molecule has 0 aliphatic heterocycles. The number of aryl methyl sites for hydroxylation is 4. The number of hydrogen-bond acceptors (Lipinski definition) is 4. The summed E-state index contributed by atoms with van der Waals surface area (Å²) in [5.74, 6) is 1.71. The first-order valence-corrected chi connectivity index (χ1v) is 8.23. The molecule has 0 unspecified atom stereocenters. The normalized spacial score (nSPS) is 11.0. The van der Waals surface area contributed by atoms with Crippen LogP contribution in [-0.2, 0) is 6.54 Å². The van der Waals surface area contributed by atoms with Crippen LogP contribution in [0, 0.1) is 20.8 Å².